The first kappa shape index (κ1) is 12.2. The summed E-state index contributed by atoms with van der Waals surface area (Å²) >= 11 is 0. The first-order valence-corrected chi connectivity index (χ1v) is 3.48. The van der Waals surface area contributed by atoms with Crippen molar-refractivity contribution in [2.24, 2.45) is 0 Å². The summed E-state index contributed by atoms with van der Waals surface area (Å²) in [5.74, 6) is -1.49. The summed E-state index contributed by atoms with van der Waals surface area (Å²) in [6.07, 6.45) is -1.09. The number of aliphatic carboxylic acids is 1. The molecule has 3 N–H and O–H groups in total. The van der Waals surface area contributed by atoms with E-state index in [1.54, 1.807) is 0 Å². The van der Waals surface area contributed by atoms with E-state index < -0.39 is 19.7 Å². The molecule has 7 heteroatoms. The standard InChI is InChI=1S/C2H5O5P.Zr/c3-2(4)1-8(5,6)7;/h1H2,(H,3,4)(H2,5,6,7);. The molecular weight excluding hydrogens is 226 g/mol. The maximum atomic E-state index is 9.76. The van der Waals surface area contributed by atoms with E-state index in [9.17, 15) is 9.36 Å². The zero-order chi connectivity index (χ0) is 6.78. The Morgan fingerprint density at radius 2 is 1.78 bits per heavy atom. The molecule has 5 nitrogen and oxygen atoms in total. The van der Waals surface area contributed by atoms with Gasteiger partial charge in [-0.1, -0.05) is 0 Å². The van der Waals surface area contributed by atoms with Gasteiger partial charge in [-0.2, -0.15) is 0 Å². The molecule has 0 aliphatic rings. The maximum Gasteiger partial charge on any atom is 0.336 e. The minimum atomic E-state index is -4.32. The minimum Gasteiger partial charge on any atom is -0.481 e. The van der Waals surface area contributed by atoms with Crippen molar-refractivity contribution < 1.29 is 50.5 Å². The van der Waals surface area contributed by atoms with Crippen molar-refractivity contribution in [3.63, 3.8) is 0 Å². The molecule has 0 atom stereocenters. The Bertz CT molecular complexity index is 138. The van der Waals surface area contributed by atoms with Crippen LogP contribution in [0.2, 0.25) is 0 Å². The summed E-state index contributed by atoms with van der Waals surface area (Å²) in [4.78, 5) is 25.4. The third-order valence-corrected chi connectivity index (χ3v) is 1.02. The van der Waals surface area contributed by atoms with E-state index in [1.165, 1.54) is 0 Å². The molecular formula is C2H5O5PZr. The molecule has 0 bridgehead atoms. The summed E-state index contributed by atoms with van der Waals surface area (Å²) in [7, 11) is -4.32. The molecule has 0 aliphatic heterocycles. The average molecular weight is 231 g/mol. The fourth-order valence-electron chi connectivity index (χ4n) is 0.176. The molecule has 0 aromatic carbocycles. The molecule has 0 rings (SSSR count). The molecule has 0 amide bonds. The number of rotatable bonds is 2. The quantitative estimate of drug-likeness (QED) is 0.543. The predicted octanol–water partition coefficient (Wildman–Crippen LogP) is -0.754. The fourth-order valence-corrected chi connectivity index (χ4v) is 0.529. The Labute approximate surface area is 70.4 Å². The predicted molar refractivity (Wildman–Crippen MR) is 24.5 cm³/mol. The van der Waals surface area contributed by atoms with Gasteiger partial charge in [0.25, 0.3) is 0 Å². The van der Waals surface area contributed by atoms with Crippen molar-refractivity contribution >= 4 is 13.6 Å². The summed E-state index contributed by atoms with van der Waals surface area (Å²) in [5.41, 5.74) is 0. The zero-order valence-corrected chi connectivity index (χ0v) is 7.66. The van der Waals surface area contributed by atoms with Crippen LogP contribution < -0.4 is 0 Å². The van der Waals surface area contributed by atoms with Crippen molar-refractivity contribution in [3.05, 3.63) is 0 Å². The molecule has 0 radical (unpaired) electrons. The molecule has 0 heterocycles. The van der Waals surface area contributed by atoms with E-state index in [2.05, 4.69) is 0 Å². The van der Waals surface area contributed by atoms with Crippen LogP contribution in [0.4, 0.5) is 0 Å². The Morgan fingerprint density at radius 3 is 1.78 bits per heavy atom. The summed E-state index contributed by atoms with van der Waals surface area (Å²) in [6, 6.07) is 0. The van der Waals surface area contributed by atoms with E-state index in [4.69, 9.17) is 14.9 Å². The van der Waals surface area contributed by atoms with Crippen molar-refractivity contribution in [2.45, 2.75) is 0 Å². The van der Waals surface area contributed by atoms with Gasteiger partial charge in [0.1, 0.15) is 6.16 Å². The van der Waals surface area contributed by atoms with E-state index >= 15 is 0 Å². The first-order chi connectivity index (χ1) is 3.42. The van der Waals surface area contributed by atoms with Gasteiger partial charge in [-0.05, 0) is 0 Å². The van der Waals surface area contributed by atoms with Crippen LogP contribution in [0, 0.1) is 0 Å². The van der Waals surface area contributed by atoms with Gasteiger partial charge in [-0.25, -0.2) is 0 Å². The summed E-state index contributed by atoms with van der Waals surface area (Å²) in [6.45, 7) is 0. The van der Waals surface area contributed by atoms with Gasteiger partial charge in [0.15, 0.2) is 0 Å². The van der Waals surface area contributed by atoms with Crippen LogP contribution in [0.15, 0.2) is 0 Å². The van der Waals surface area contributed by atoms with Crippen LogP contribution in [-0.2, 0) is 35.6 Å². The van der Waals surface area contributed by atoms with Crippen LogP contribution in [0.5, 0.6) is 0 Å². The third-order valence-electron chi connectivity index (χ3n) is 0.341. The summed E-state index contributed by atoms with van der Waals surface area (Å²) in [5, 5.41) is 7.76. The molecule has 0 aromatic rings. The number of carboxylic acids is 1. The number of hydrogen-bond acceptors (Lipinski definition) is 2. The first-order valence-electron chi connectivity index (χ1n) is 1.68. The van der Waals surface area contributed by atoms with Crippen molar-refractivity contribution in [1.29, 1.82) is 0 Å². The Morgan fingerprint density at radius 1 is 1.44 bits per heavy atom. The second-order valence-corrected chi connectivity index (χ2v) is 2.86. The van der Waals surface area contributed by atoms with Crippen molar-refractivity contribution in [1.82, 2.24) is 0 Å². The Kier molecular flexibility index (Phi) is 5.88. The molecule has 9 heavy (non-hydrogen) atoms. The Balaban J connectivity index is 0. The van der Waals surface area contributed by atoms with Crippen LogP contribution in [0.1, 0.15) is 0 Å². The van der Waals surface area contributed by atoms with Crippen LogP contribution >= 0.6 is 7.60 Å². The molecule has 0 saturated heterocycles. The molecule has 0 aliphatic carbocycles. The van der Waals surface area contributed by atoms with E-state index in [0.717, 1.165) is 0 Å². The Hall–Kier alpha value is 0.503. The van der Waals surface area contributed by atoms with Crippen molar-refractivity contribution in [2.75, 3.05) is 6.16 Å². The smallest absolute Gasteiger partial charge is 0.336 e. The average Bonchev–Trinajstić information content (AvgIpc) is 1.21. The van der Waals surface area contributed by atoms with Crippen LogP contribution in [-0.4, -0.2) is 27.0 Å². The van der Waals surface area contributed by atoms with E-state index in [-0.39, 0.29) is 26.2 Å². The molecule has 0 fully saturated rings. The van der Waals surface area contributed by atoms with Gasteiger partial charge in [-0.15, -0.1) is 0 Å². The molecule has 52 valence electrons. The number of hydrogen-bond donors (Lipinski definition) is 3. The van der Waals surface area contributed by atoms with Crippen molar-refractivity contribution in [3.8, 4) is 0 Å². The fraction of sp³-hybridized carbons (Fsp3) is 0.500. The second-order valence-electron chi connectivity index (χ2n) is 1.22. The monoisotopic (exact) mass is 230 g/mol. The third kappa shape index (κ3) is 11.9. The van der Waals surface area contributed by atoms with E-state index in [0.29, 0.717) is 0 Å². The minimum absolute atomic E-state index is 0. The molecule has 0 aromatic heterocycles. The second kappa shape index (κ2) is 4.34. The number of carbonyl (C=O) groups is 1. The normalized spacial score (nSPS) is 10.0. The van der Waals surface area contributed by atoms with Gasteiger partial charge in [0, 0.05) is 26.2 Å². The number of carboxylic acid groups (broad SMARTS) is 1. The van der Waals surface area contributed by atoms with Crippen LogP contribution in [0.25, 0.3) is 0 Å². The topological polar surface area (TPSA) is 94.8 Å². The largest absolute Gasteiger partial charge is 0.481 e. The molecule has 0 spiro atoms. The van der Waals surface area contributed by atoms with Gasteiger partial charge < -0.3 is 14.9 Å². The van der Waals surface area contributed by atoms with Crippen LogP contribution in [0.3, 0.4) is 0 Å². The molecule has 0 unspecified atom stereocenters. The van der Waals surface area contributed by atoms with Gasteiger partial charge in [0.05, 0.1) is 0 Å². The van der Waals surface area contributed by atoms with E-state index in [1.807, 2.05) is 0 Å². The SMILES string of the molecule is O=C(O)CP(=O)(O)O.[Zr]. The van der Waals surface area contributed by atoms with Gasteiger partial charge in [-0.3, -0.25) is 9.36 Å². The van der Waals surface area contributed by atoms with Gasteiger partial charge in [0.2, 0.25) is 0 Å². The zero-order valence-electron chi connectivity index (χ0n) is 4.31. The van der Waals surface area contributed by atoms with Gasteiger partial charge >= 0.3 is 13.6 Å². The summed E-state index contributed by atoms with van der Waals surface area (Å²) < 4.78 is 9.76. The maximum absolute atomic E-state index is 9.76. The molecule has 0 saturated carbocycles.